The summed E-state index contributed by atoms with van der Waals surface area (Å²) in [6.07, 6.45) is 1.54. The molecule has 1 amide bonds. The van der Waals surface area contributed by atoms with Crippen molar-refractivity contribution in [3.05, 3.63) is 58.7 Å². The molecule has 2 bridgehead atoms. The van der Waals surface area contributed by atoms with E-state index in [2.05, 4.69) is 20.2 Å². The Morgan fingerprint density at radius 3 is 2.97 bits per heavy atom. The number of nitrogens with one attached hydrogen (secondary N) is 1. The maximum absolute atomic E-state index is 12.8. The fraction of sp³-hybridized carbons (Fsp3) is 0.333. The number of hydrogen-bond donors (Lipinski definition) is 1. The predicted molar refractivity (Wildman–Crippen MR) is 110 cm³/mol. The number of benzene rings is 1. The van der Waals surface area contributed by atoms with Crippen LogP contribution in [0.3, 0.4) is 0 Å². The highest BCUT2D eigenvalue weighted by Crippen LogP contribution is 2.32. The quantitative estimate of drug-likeness (QED) is 0.646. The van der Waals surface area contributed by atoms with E-state index in [9.17, 15) is 4.79 Å². The summed E-state index contributed by atoms with van der Waals surface area (Å²) in [6, 6.07) is 7.35. The highest BCUT2D eigenvalue weighted by Gasteiger charge is 2.23. The number of rotatable bonds is 1. The van der Waals surface area contributed by atoms with E-state index in [0.29, 0.717) is 53.8 Å². The fourth-order valence-corrected chi connectivity index (χ4v) is 3.53. The molecule has 0 radical (unpaired) electrons. The van der Waals surface area contributed by atoms with E-state index in [0.717, 1.165) is 5.56 Å². The first-order valence-electron chi connectivity index (χ1n) is 9.57. The summed E-state index contributed by atoms with van der Waals surface area (Å²) in [4.78, 5) is 23.3. The first kappa shape index (κ1) is 18.7. The molecule has 1 aliphatic heterocycles. The van der Waals surface area contributed by atoms with Gasteiger partial charge in [-0.05, 0) is 32.9 Å². The van der Waals surface area contributed by atoms with Crippen molar-refractivity contribution in [3.63, 3.8) is 0 Å². The molecule has 0 saturated carbocycles. The lowest BCUT2D eigenvalue weighted by molar-refractivity contribution is 0.0933. The van der Waals surface area contributed by atoms with Crippen LogP contribution < -0.4 is 15.0 Å². The summed E-state index contributed by atoms with van der Waals surface area (Å²) in [5, 5.41) is 7.33. The molecule has 1 atom stereocenters. The molecule has 148 valence electrons. The number of ether oxygens (including phenoxy) is 1. The second-order valence-corrected chi connectivity index (χ2v) is 7.03. The van der Waals surface area contributed by atoms with Gasteiger partial charge in [-0.1, -0.05) is 12.1 Å². The summed E-state index contributed by atoms with van der Waals surface area (Å²) in [6.45, 7) is 14.8. The first-order valence-corrected chi connectivity index (χ1v) is 9.57. The number of aryl methyl sites for hydroxylation is 1. The van der Waals surface area contributed by atoms with Crippen molar-refractivity contribution in [1.82, 2.24) is 19.9 Å². The van der Waals surface area contributed by atoms with Crippen molar-refractivity contribution in [2.24, 2.45) is 0 Å². The van der Waals surface area contributed by atoms with Gasteiger partial charge in [-0.3, -0.25) is 4.79 Å². The van der Waals surface area contributed by atoms with Crippen LogP contribution in [0.1, 0.15) is 35.5 Å². The van der Waals surface area contributed by atoms with E-state index in [1.165, 1.54) is 0 Å². The van der Waals surface area contributed by atoms with Gasteiger partial charge < -0.3 is 15.0 Å². The van der Waals surface area contributed by atoms with Gasteiger partial charge in [0.15, 0.2) is 11.3 Å². The number of fused-ring (bicyclic) bond motifs is 2. The van der Waals surface area contributed by atoms with Crippen LogP contribution in [-0.4, -0.2) is 39.7 Å². The van der Waals surface area contributed by atoms with Crippen LogP contribution in [0.2, 0.25) is 0 Å². The number of nitrogens with zero attached hydrogens (tertiary/aromatic N) is 5. The van der Waals surface area contributed by atoms with E-state index in [-0.39, 0.29) is 12.0 Å². The SMILES string of the molecule is [C-]#[N+]c1cccc2c1CN(CC)c1ccn3nc(C)c(c3n1)C(=O)NC[C@H](C)O2. The van der Waals surface area contributed by atoms with Crippen molar-refractivity contribution >= 4 is 23.1 Å². The molecule has 1 aliphatic rings. The van der Waals surface area contributed by atoms with Crippen LogP contribution in [0.5, 0.6) is 5.75 Å². The Balaban J connectivity index is 1.90. The number of carbonyl (C=O) groups excluding carboxylic acids is 1. The molecule has 0 saturated heterocycles. The lowest BCUT2D eigenvalue weighted by Gasteiger charge is -2.25. The van der Waals surface area contributed by atoms with Crippen LogP contribution in [0.4, 0.5) is 11.5 Å². The molecule has 0 spiro atoms. The molecule has 8 heteroatoms. The third-order valence-electron chi connectivity index (χ3n) is 5.03. The Hall–Kier alpha value is -3.60. The van der Waals surface area contributed by atoms with Gasteiger partial charge in [-0.25, -0.2) is 14.3 Å². The molecule has 4 rings (SSSR count). The fourth-order valence-electron chi connectivity index (χ4n) is 3.53. The minimum atomic E-state index is -0.267. The van der Waals surface area contributed by atoms with Crippen molar-refractivity contribution < 1.29 is 9.53 Å². The summed E-state index contributed by atoms with van der Waals surface area (Å²) in [5.74, 6) is 1.14. The molecular weight excluding hydrogens is 368 g/mol. The highest BCUT2D eigenvalue weighted by molar-refractivity contribution is 6.01. The van der Waals surface area contributed by atoms with Gasteiger partial charge in [0.25, 0.3) is 5.91 Å². The number of carbonyl (C=O) groups is 1. The van der Waals surface area contributed by atoms with E-state index in [4.69, 9.17) is 16.3 Å². The predicted octanol–water partition coefficient (Wildman–Crippen LogP) is 3.13. The van der Waals surface area contributed by atoms with Gasteiger partial charge in [-0.2, -0.15) is 5.10 Å². The Bertz CT molecular complexity index is 1130. The van der Waals surface area contributed by atoms with Gasteiger partial charge in [0.1, 0.15) is 23.2 Å². The van der Waals surface area contributed by atoms with Gasteiger partial charge in [0.2, 0.25) is 0 Å². The number of aromatic nitrogens is 3. The van der Waals surface area contributed by atoms with Gasteiger partial charge in [0.05, 0.1) is 18.8 Å². The summed E-state index contributed by atoms with van der Waals surface area (Å²) >= 11 is 0. The average molecular weight is 390 g/mol. The molecule has 29 heavy (non-hydrogen) atoms. The molecule has 3 aromatic rings. The second-order valence-electron chi connectivity index (χ2n) is 7.03. The average Bonchev–Trinajstić information content (AvgIpc) is 3.05. The zero-order valence-corrected chi connectivity index (χ0v) is 16.6. The minimum Gasteiger partial charge on any atom is -0.490 e. The lowest BCUT2D eigenvalue weighted by Crippen LogP contribution is -2.34. The molecule has 0 aliphatic carbocycles. The van der Waals surface area contributed by atoms with Crippen molar-refractivity contribution in [2.75, 3.05) is 18.0 Å². The van der Waals surface area contributed by atoms with Crippen molar-refractivity contribution in [2.45, 2.75) is 33.4 Å². The van der Waals surface area contributed by atoms with E-state index < -0.39 is 0 Å². The third-order valence-corrected chi connectivity index (χ3v) is 5.03. The van der Waals surface area contributed by atoms with Crippen LogP contribution in [0, 0.1) is 13.5 Å². The van der Waals surface area contributed by atoms with E-state index in [1.54, 1.807) is 17.5 Å². The summed E-state index contributed by atoms with van der Waals surface area (Å²) in [7, 11) is 0. The van der Waals surface area contributed by atoms with Crippen molar-refractivity contribution in [1.29, 1.82) is 0 Å². The van der Waals surface area contributed by atoms with Crippen LogP contribution >= 0.6 is 0 Å². The molecule has 8 nitrogen and oxygen atoms in total. The molecule has 1 aromatic carbocycles. The van der Waals surface area contributed by atoms with Gasteiger partial charge in [-0.15, -0.1) is 0 Å². The van der Waals surface area contributed by atoms with E-state index in [1.807, 2.05) is 38.2 Å². The molecule has 1 N–H and O–H groups in total. The Kier molecular flexibility index (Phi) is 4.80. The number of amides is 1. The highest BCUT2D eigenvalue weighted by atomic mass is 16.5. The van der Waals surface area contributed by atoms with E-state index >= 15 is 0 Å². The van der Waals surface area contributed by atoms with Gasteiger partial charge >= 0.3 is 0 Å². The Morgan fingerprint density at radius 2 is 2.21 bits per heavy atom. The smallest absolute Gasteiger partial charge is 0.257 e. The van der Waals surface area contributed by atoms with Crippen LogP contribution in [0.15, 0.2) is 30.5 Å². The van der Waals surface area contributed by atoms with Crippen molar-refractivity contribution in [3.8, 4) is 5.75 Å². The van der Waals surface area contributed by atoms with Crippen LogP contribution in [-0.2, 0) is 6.54 Å². The first-order chi connectivity index (χ1) is 14.0. The normalized spacial score (nSPS) is 16.8. The van der Waals surface area contributed by atoms with Gasteiger partial charge in [0, 0.05) is 24.8 Å². The summed E-state index contributed by atoms with van der Waals surface area (Å²) < 4.78 is 7.74. The Morgan fingerprint density at radius 1 is 1.38 bits per heavy atom. The third kappa shape index (κ3) is 3.36. The molecular formula is C21H22N6O2. The standard InChI is InChI=1S/C21H22N6O2/c1-5-26-12-15-16(22-4)7-6-8-17(15)29-13(2)11-23-21(28)19-14(3)25-27-10-9-18(26)24-20(19)27/h6-10,13H,5,11-12H2,1-3H3,(H,23,28)/t13-/m0/s1. The van der Waals surface area contributed by atoms with Crippen LogP contribution in [0.25, 0.3) is 10.5 Å². The topological polar surface area (TPSA) is 76.1 Å². The zero-order valence-electron chi connectivity index (χ0n) is 16.6. The minimum absolute atomic E-state index is 0.227. The zero-order chi connectivity index (χ0) is 20.5. The summed E-state index contributed by atoms with van der Waals surface area (Å²) in [5.41, 5.74) is 2.97. The monoisotopic (exact) mass is 390 g/mol. The molecule has 0 unspecified atom stereocenters. The number of anilines is 1. The Labute approximate surface area is 168 Å². The maximum atomic E-state index is 12.8. The molecule has 0 fully saturated rings. The number of hydrogen-bond acceptors (Lipinski definition) is 5. The molecule has 2 aromatic heterocycles. The largest absolute Gasteiger partial charge is 0.490 e. The molecule has 3 heterocycles. The second kappa shape index (κ2) is 7.43. The maximum Gasteiger partial charge on any atom is 0.257 e. The lowest BCUT2D eigenvalue weighted by atomic mass is 10.1.